The molecule has 0 saturated carbocycles. The third-order valence-electron chi connectivity index (χ3n) is 2.18. The number of hydrogen-bond donors (Lipinski definition) is 1. The third-order valence-corrected chi connectivity index (χ3v) is 2.18. The molecule has 0 rings (SSSR count). The Morgan fingerprint density at radius 2 is 2.00 bits per heavy atom. The lowest BCUT2D eigenvalue weighted by Crippen LogP contribution is -2.17. The summed E-state index contributed by atoms with van der Waals surface area (Å²) in [7, 11) is 0. The predicted molar refractivity (Wildman–Crippen MR) is 49.5 cm³/mol. The normalized spacial score (nSPS) is 18.1. The summed E-state index contributed by atoms with van der Waals surface area (Å²) in [4.78, 5) is 0. The van der Waals surface area contributed by atoms with Crippen LogP contribution >= 0.6 is 0 Å². The van der Waals surface area contributed by atoms with Gasteiger partial charge in [-0.1, -0.05) is 33.3 Å². The fourth-order valence-corrected chi connectivity index (χ4v) is 1.11. The highest BCUT2D eigenvalue weighted by atomic mass is 16.3. The zero-order chi connectivity index (χ0) is 8.85. The quantitative estimate of drug-likeness (QED) is 0.620. The van der Waals surface area contributed by atoms with Crippen molar-refractivity contribution in [3.63, 3.8) is 0 Å². The van der Waals surface area contributed by atoms with Gasteiger partial charge in [-0.2, -0.15) is 0 Å². The van der Waals surface area contributed by atoms with Gasteiger partial charge in [0.25, 0.3) is 0 Å². The molecule has 1 nitrogen and oxygen atoms in total. The maximum Gasteiger partial charge on any atom is 0.0772 e. The van der Waals surface area contributed by atoms with Gasteiger partial charge in [-0.15, -0.1) is 0 Å². The number of aliphatic hydroxyl groups is 1. The minimum absolute atomic E-state index is 0.236. The largest absolute Gasteiger partial charge is 0.388 e. The molecule has 1 N–H and O–H groups in total. The second-order valence-electron chi connectivity index (χ2n) is 3.19. The third kappa shape index (κ3) is 3.57. The van der Waals surface area contributed by atoms with Crippen molar-refractivity contribution in [1.29, 1.82) is 0 Å². The molecular formula is C10H20O. The molecule has 2 atom stereocenters. The van der Waals surface area contributed by atoms with Crippen LogP contribution in [-0.4, -0.2) is 11.2 Å². The fourth-order valence-electron chi connectivity index (χ4n) is 1.11. The first-order valence-corrected chi connectivity index (χ1v) is 4.48. The van der Waals surface area contributed by atoms with Crippen LogP contribution < -0.4 is 0 Å². The summed E-state index contributed by atoms with van der Waals surface area (Å²) < 4.78 is 0. The molecule has 0 aliphatic rings. The van der Waals surface area contributed by atoms with Crippen LogP contribution in [0.5, 0.6) is 0 Å². The Balaban J connectivity index is 4.00. The highest BCUT2D eigenvalue weighted by molar-refractivity contribution is 5.05. The molecule has 0 amide bonds. The number of hydrogen-bond acceptors (Lipinski definition) is 1. The summed E-state index contributed by atoms with van der Waals surface area (Å²) in [6.07, 6.45) is 3.91. The summed E-state index contributed by atoms with van der Waals surface area (Å²) in [5, 5.41) is 9.65. The molecule has 0 heterocycles. The van der Waals surface area contributed by atoms with Crippen LogP contribution in [0, 0.1) is 5.92 Å². The van der Waals surface area contributed by atoms with Crippen LogP contribution in [0.1, 0.15) is 40.5 Å². The molecule has 0 spiro atoms. The van der Waals surface area contributed by atoms with Crippen molar-refractivity contribution < 1.29 is 5.11 Å². The first kappa shape index (κ1) is 10.7. The molecule has 0 aliphatic carbocycles. The Morgan fingerprint density at radius 1 is 1.45 bits per heavy atom. The molecular weight excluding hydrogens is 136 g/mol. The Morgan fingerprint density at radius 3 is 2.36 bits per heavy atom. The van der Waals surface area contributed by atoms with E-state index < -0.39 is 0 Å². The van der Waals surface area contributed by atoms with Crippen LogP contribution in [0.15, 0.2) is 11.6 Å². The van der Waals surface area contributed by atoms with Gasteiger partial charge in [-0.25, -0.2) is 0 Å². The lowest BCUT2D eigenvalue weighted by atomic mass is 9.96. The van der Waals surface area contributed by atoms with Crippen LogP contribution in [0.25, 0.3) is 0 Å². The fraction of sp³-hybridized carbons (Fsp3) is 0.800. The van der Waals surface area contributed by atoms with Crippen LogP contribution in [0.2, 0.25) is 0 Å². The van der Waals surface area contributed by atoms with E-state index in [-0.39, 0.29) is 6.10 Å². The molecule has 0 aliphatic heterocycles. The van der Waals surface area contributed by atoms with Gasteiger partial charge < -0.3 is 5.11 Å². The molecule has 0 aromatic heterocycles. The lowest BCUT2D eigenvalue weighted by molar-refractivity contribution is 0.148. The number of aliphatic hydroxyl groups excluding tert-OH is 1. The van der Waals surface area contributed by atoms with E-state index in [1.807, 2.05) is 6.92 Å². The van der Waals surface area contributed by atoms with E-state index in [2.05, 4.69) is 26.8 Å². The maximum absolute atomic E-state index is 9.65. The zero-order valence-electron chi connectivity index (χ0n) is 8.09. The topological polar surface area (TPSA) is 20.2 Å². The second kappa shape index (κ2) is 5.36. The molecule has 1 heteroatoms. The van der Waals surface area contributed by atoms with Crippen molar-refractivity contribution in [2.45, 2.75) is 46.6 Å². The van der Waals surface area contributed by atoms with E-state index in [4.69, 9.17) is 0 Å². The van der Waals surface area contributed by atoms with Gasteiger partial charge in [0.1, 0.15) is 0 Å². The zero-order valence-corrected chi connectivity index (χ0v) is 8.09. The first-order chi connectivity index (χ1) is 5.13. The van der Waals surface area contributed by atoms with E-state index in [0.717, 1.165) is 18.4 Å². The lowest BCUT2D eigenvalue weighted by Gasteiger charge is -2.17. The molecule has 66 valence electrons. The Bertz CT molecular complexity index is 127. The van der Waals surface area contributed by atoms with Gasteiger partial charge in [0.2, 0.25) is 0 Å². The minimum atomic E-state index is -0.236. The highest BCUT2D eigenvalue weighted by Crippen LogP contribution is 2.15. The van der Waals surface area contributed by atoms with E-state index in [1.165, 1.54) is 0 Å². The van der Waals surface area contributed by atoms with Crippen LogP contribution in [-0.2, 0) is 0 Å². The Hall–Kier alpha value is -0.300. The molecule has 0 bridgehead atoms. The van der Waals surface area contributed by atoms with Gasteiger partial charge in [0, 0.05) is 0 Å². The standard InChI is InChI=1S/C10H20O/c1-5-7-9(4)10(11)8(3)6-2/h7-8,10-11H,5-6H2,1-4H3/b9-7-. The average Bonchev–Trinajstić information content (AvgIpc) is 2.02. The average molecular weight is 156 g/mol. The number of rotatable bonds is 4. The van der Waals surface area contributed by atoms with E-state index >= 15 is 0 Å². The van der Waals surface area contributed by atoms with Crippen molar-refractivity contribution >= 4 is 0 Å². The smallest absolute Gasteiger partial charge is 0.0772 e. The van der Waals surface area contributed by atoms with Gasteiger partial charge in [-0.05, 0) is 24.8 Å². The molecule has 11 heavy (non-hydrogen) atoms. The van der Waals surface area contributed by atoms with E-state index in [0.29, 0.717) is 5.92 Å². The molecule has 0 aromatic carbocycles. The second-order valence-corrected chi connectivity index (χ2v) is 3.19. The van der Waals surface area contributed by atoms with E-state index in [9.17, 15) is 5.11 Å². The molecule has 0 fully saturated rings. The van der Waals surface area contributed by atoms with Gasteiger partial charge >= 0.3 is 0 Å². The molecule has 0 saturated heterocycles. The SMILES string of the molecule is CC/C=C(/C)C(O)C(C)CC. The summed E-state index contributed by atoms with van der Waals surface area (Å²) in [6.45, 7) is 8.28. The molecule has 2 unspecified atom stereocenters. The summed E-state index contributed by atoms with van der Waals surface area (Å²) in [5.74, 6) is 0.387. The number of allylic oxidation sites excluding steroid dienone is 1. The van der Waals surface area contributed by atoms with Crippen molar-refractivity contribution in [3.8, 4) is 0 Å². The highest BCUT2D eigenvalue weighted by Gasteiger charge is 2.12. The summed E-state index contributed by atoms with van der Waals surface area (Å²) in [6, 6.07) is 0. The van der Waals surface area contributed by atoms with Gasteiger partial charge in [0.15, 0.2) is 0 Å². The molecule has 0 aromatic rings. The maximum atomic E-state index is 9.65. The van der Waals surface area contributed by atoms with Crippen LogP contribution in [0.3, 0.4) is 0 Å². The van der Waals surface area contributed by atoms with Crippen LogP contribution in [0.4, 0.5) is 0 Å². The minimum Gasteiger partial charge on any atom is -0.388 e. The monoisotopic (exact) mass is 156 g/mol. The van der Waals surface area contributed by atoms with Gasteiger partial charge in [0.05, 0.1) is 6.10 Å². The van der Waals surface area contributed by atoms with Crippen molar-refractivity contribution in [1.82, 2.24) is 0 Å². The van der Waals surface area contributed by atoms with E-state index in [1.54, 1.807) is 0 Å². The van der Waals surface area contributed by atoms with Crippen molar-refractivity contribution in [2.75, 3.05) is 0 Å². The first-order valence-electron chi connectivity index (χ1n) is 4.48. The predicted octanol–water partition coefficient (Wildman–Crippen LogP) is 2.75. The Labute approximate surface area is 70.1 Å². The molecule has 0 radical (unpaired) electrons. The summed E-state index contributed by atoms with van der Waals surface area (Å²) >= 11 is 0. The van der Waals surface area contributed by atoms with Crippen molar-refractivity contribution in [3.05, 3.63) is 11.6 Å². The van der Waals surface area contributed by atoms with Crippen molar-refractivity contribution in [2.24, 2.45) is 5.92 Å². The van der Waals surface area contributed by atoms with Gasteiger partial charge in [-0.3, -0.25) is 0 Å². The summed E-state index contributed by atoms with van der Waals surface area (Å²) in [5.41, 5.74) is 1.11. The Kier molecular flexibility index (Phi) is 5.22.